The topological polar surface area (TPSA) is 71.6 Å². The third kappa shape index (κ3) is 3.88. The average molecular weight is 411 g/mol. The Hall–Kier alpha value is -3.69. The Morgan fingerprint density at radius 2 is 1.87 bits per heavy atom. The van der Waals surface area contributed by atoms with Gasteiger partial charge in [-0.05, 0) is 42.2 Å². The lowest BCUT2D eigenvalue weighted by Crippen LogP contribution is -2.20. The summed E-state index contributed by atoms with van der Waals surface area (Å²) in [5.41, 5.74) is 3.47. The Balaban J connectivity index is 1.96. The van der Waals surface area contributed by atoms with Crippen LogP contribution >= 0.6 is 11.8 Å². The van der Waals surface area contributed by atoms with E-state index in [-0.39, 0.29) is 5.56 Å². The average Bonchev–Trinajstić information content (AvgIpc) is 2.81. The van der Waals surface area contributed by atoms with Crippen LogP contribution in [-0.2, 0) is 0 Å². The minimum absolute atomic E-state index is 0.213. The Kier molecular flexibility index (Phi) is 5.73. The summed E-state index contributed by atoms with van der Waals surface area (Å²) in [4.78, 5) is 22.3. The Labute approximate surface area is 178 Å². The second kappa shape index (κ2) is 8.76. The molecule has 0 aliphatic rings. The van der Waals surface area contributed by atoms with Crippen molar-refractivity contribution in [1.29, 1.82) is 5.26 Å². The van der Waals surface area contributed by atoms with Crippen LogP contribution in [0.3, 0.4) is 0 Å². The van der Waals surface area contributed by atoms with Crippen molar-refractivity contribution >= 4 is 11.8 Å². The molecule has 0 spiro atoms. The van der Waals surface area contributed by atoms with Crippen molar-refractivity contribution in [2.24, 2.45) is 0 Å². The molecule has 0 aliphatic carbocycles. The zero-order valence-corrected chi connectivity index (χ0v) is 17.1. The predicted molar refractivity (Wildman–Crippen MR) is 120 cm³/mol. The molecular weight excluding hydrogens is 392 g/mol. The first kappa shape index (κ1) is 19.6. The summed E-state index contributed by atoms with van der Waals surface area (Å²) in [6, 6.07) is 20.5. The van der Waals surface area contributed by atoms with Crippen LogP contribution < -0.4 is 5.56 Å². The minimum Gasteiger partial charge on any atom is -0.282 e. The van der Waals surface area contributed by atoms with E-state index >= 15 is 0 Å². The molecule has 3 aromatic heterocycles. The van der Waals surface area contributed by atoms with E-state index in [1.165, 1.54) is 0 Å². The van der Waals surface area contributed by atoms with E-state index in [1.54, 1.807) is 59.2 Å². The number of pyridine rings is 3. The van der Waals surface area contributed by atoms with Crippen molar-refractivity contribution in [3.05, 3.63) is 95.2 Å². The van der Waals surface area contributed by atoms with E-state index in [4.69, 9.17) is 0 Å². The lowest BCUT2D eigenvalue weighted by Gasteiger charge is -2.13. The minimum atomic E-state index is -0.213. The van der Waals surface area contributed by atoms with Crippen molar-refractivity contribution in [2.45, 2.75) is 11.9 Å². The highest BCUT2D eigenvalue weighted by atomic mass is 32.2. The molecule has 0 amide bonds. The molecule has 0 N–H and O–H groups in total. The molecule has 0 bridgehead atoms. The van der Waals surface area contributed by atoms with Gasteiger partial charge >= 0.3 is 0 Å². The van der Waals surface area contributed by atoms with Crippen LogP contribution in [0.5, 0.6) is 0 Å². The number of nitrogens with zero attached hydrogens (tertiary/aromatic N) is 4. The van der Waals surface area contributed by atoms with Gasteiger partial charge in [0, 0.05) is 29.1 Å². The predicted octanol–water partition coefficient (Wildman–Crippen LogP) is 4.95. The number of benzene rings is 1. The molecule has 146 valence electrons. The molecule has 3 heterocycles. The summed E-state index contributed by atoms with van der Waals surface area (Å²) in [5, 5.41) is 10.4. The van der Waals surface area contributed by atoms with Crippen molar-refractivity contribution in [3.63, 3.8) is 0 Å². The lowest BCUT2D eigenvalue weighted by atomic mass is 9.99. The summed E-state index contributed by atoms with van der Waals surface area (Å²) in [5.74, 6) is 0.927. The molecule has 0 aliphatic heterocycles. The Morgan fingerprint density at radius 3 is 2.57 bits per heavy atom. The summed E-state index contributed by atoms with van der Waals surface area (Å²) >= 11 is 1.64. The number of hydrogen-bond acceptors (Lipinski definition) is 5. The van der Waals surface area contributed by atoms with E-state index in [0.29, 0.717) is 22.4 Å². The monoisotopic (exact) mass is 410 g/mol. The zero-order valence-electron chi connectivity index (χ0n) is 16.3. The standard InChI is InChI=1S/C24H18N4OS/c1-2-30-23-11-10-19(15-27-23)28-16-18(22-9-5-6-12-26-22)13-21(24(28)29)20-8-4-3-7-17(20)14-25/h3-13,15-16H,2H2,1H3. The molecule has 0 saturated carbocycles. The molecular formula is C24H18N4OS. The maximum absolute atomic E-state index is 13.4. The van der Waals surface area contributed by atoms with Crippen LogP contribution in [0.1, 0.15) is 12.5 Å². The van der Waals surface area contributed by atoms with Gasteiger partial charge in [0.15, 0.2) is 0 Å². The maximum Gasteiger partial charge on any atom is 0.263 e. The van der Waals surface area contributed by atoms with Gasteiger partial charge in [-0.3, -0.25) is 14.3 Å². The molecule has 4 aromatic rings. The van der Waals surface area contributed by atoms with E-state index < -0.39 is 0 Å². The number of thioether (sulfide) groups is 1. The maximum atomic E-state index is 13.4. The molecule has 5 nitrogen and oxygen atoms in total. The smallest absolute Gasteiger partial charge is 0.263 e. The zero-order chi connectivity index (χ0) is 20.9. The molecule has 30 heavy (non-hydrogen) atoms. The first-order chi connectivity index (χ1) is 14.7. The quantitative estimate of drug-likeness (QED) is 0.436. The normalized spacial score (nSPS) is 10.5. The molecule has 0 unspecified atom stereocenters. The largest absolute Gasteiger partial charge is 0.282 e. The number of hydrogen-bond donors (Lipinski definition) is 0. The third-order valence-electron chi connectivity index (χ3n) is 4.61. The summed E-state index contributed by atoms with van der Waals surface area (Å²) in [6.45, 7) is 2.07. The summed E-state index contributed by atoms with van der Waals surface area (Å²) < 4.78 is 1.57. The lowest BCUT2D eigenvalue weighted by molar-refractivity contribution is 0.965. The van der Waals surface area contributed by atoms with Crippen LogP contribution in [-0.4, -0.2) is 20.3 Å². The van der Waals surface area contributed by atoms with Gasteiger partial charge in [-0.15, -0.1) is 11.8 Å². The fraction of sp³-hybridized carbons (Fsp3) is 0.0833. The Morgan fingerprint density at radius 1 is 1.03 bits per heavy atom. The van der Waals surface area contributed by atoms with Gasteiger partial charge in [0.05, 0.1) is 34.2 Å². The molecule has 6 heteroatoms. The van der Waals surface area contributed by atoms with Crippen LogP contribution in [0.2, 0.25) is 0 Å². The third-order valence-corrected chi connectivity index (χ3v) is 5.43. The Bertz CT molecular complexity index is 1280. The van der Waals surface area contributed by atoms with Gasteiger partial charge in [0.2, 0.25) is 0 Å². The van der Waals surface area contributed by atoms with Crippen molar-refractivity contribution in [3.8, 4) is 34.1 Å². The van der Waals surface area contributed by atoms with Gasteiger partial charge in [0.25, 0.3) is 5.56 Å². The van der Waals surface area contributed by atoms with Crippen molar-refractivity contribution in [1.82, 2.24) is 14.5 Å². The molecule has 0 saturated heterocycles. The molecule has 0 fully saturated rings. The molecule has 1 aromatic carbocycles. The summed E-state index contributed by atoms with van der Waals surface area (Å²) in [6.07, 6.45) is 5.18. The second-order valence-corrected chi connectivity index (χ2v) is 7.76. The van der Waals surface area contributed by atoms with Crippen molar-refractivity contribution < 1.29 is 0 Å². The fourth-order valence-electron chi connectivity index (χ4n) is 3.20. The fourth-order valence-corrected chi connectivity index (χ4v) is 3.79. The molecule has 4 rings (SSSR count). The molecule has 0 radical (unpaired) electrons. The van der Waals surface area contributed by atoms with E-state index in [0.717, 1.165) is 22.0 Å². The van der Waals surface area contributed by atoms with E-state index in [9.17, 15) is 10.1 Å². The van der Waals surface area contributed by atoms with Gasteiger partial charge < -0.3 is 0 Å². The van der Waals surface area contributed by atoms with Gasteiger partial charge in [-0.2, -0.15) is 5.26 Å². The number of aromatic nitrogens is 3. The summed E-state index contributed by atoms with van der Waals surface area (Å²) in [7, 11) is 0. The van der Waals surface area contributed by atoms with Gasteiger partial charge in [-0.25, -0.2) is 4.98 Å². The highest BCUT2D eigenvalue weighted by Crippen LogP contribution is 2.26. The van der Waals surface area contributed by atoms with Crippen LogP contribution in [0.15, 0.2) is 89.1 Å². The number of nitriles is 1. The van der Waals surface area contributed by atoms with E-state index in [2.05, 4.69) is 23.0 Å². The van der Waals surface area contributed by atoms with Gasteiger partial charge in [0.1, 0.15) is 0 Å². The first-order valence-electron chi connectivity index (χ1n) is 9.48. The highest BCUT2D eigenvalue weighted by molar-refractivity contribution is 7.99. The molecule has 0 atom stereocenters. The van der Waals surface area contributed by atoms with Crippen LogP contribution in [0.4, 0.5) is 0 Å². The van der Waals surface area contributed by atoms with Crippen molar-refractivity contribution in [2.75, 3.05) is 5.75 Å². The van der Waals surface area contributed by atoms with Crippen LogP contribution in [0.25, 0.3) is 28.1 Å². The first-order valence-corrected chi connectivity index (χ1v) is 10.5. The van der Waals surface area contributed by atoms with Gasteiger partial charge in [-0.1, -0.05) is 31.2 Å². The second-order valence-electron chi connectivity index (χ2n) is 6.48. The van der Waals surface area contributed by atoms with E-state index in [1.807, 2.05) is 36.4 Å². The number of rotatable bonds is 5. The SMILES string of the molecule is CCSc1ccc(-n2cc(-c3ccccn3)cc(-c3ccccc3C#N)c2=O)cn1. The van der Waals surface area contributed by atoms with Crippen LogP contribution in [0, 0.1) is 11.3 Å². The highest BCUT2D eigenvalue weighted by Gasteiger charge is 2.15.